The van der Waals surface area contributed by atoms with Crippen LogP contribution in [0.25, 0.3) is 0 Å². The van der Waals surface area contributed by atoms with Crippen LogP contribution in [0, 0.1) is 0 Å². The Balaban J connectivity index is 1.21. The van der Waals surface area contributed by atoms with E-state index in [0.29, 0.717) is 17.8 Å². The lowest BCUT2D eigenvalue weighted by molar-refractivity contribution is 0.0787. The number of aromatic nitrogens is 1. The Morgan fingerprint density at radius 1 is 1.00 bits per heavy atom. The number of hydrogen-bond acceptors (Lipinski definition) is 4. The van der Waals surface area contributed by atoms with Crippen molar-refractivity contribution in [1.82, 2.24) is 20.1 Å². The van der Waals surface area contributed by atoms with Crippen molar-refractivity contribution in [2.75, 3.05) is 38.0 Å². The van der Waals surface area contributed by atoms with E-state index in [1.54, 1.807) is 12.3 Å². The van der Waals surface area contributed by atoms with E-state index in [9.17, 15) is 14.4 Å². The van der Waals surface area contributed by atoms with Crippen LogP contribution in [-0.4, -0.2) is 71.3 Å². The molecule has 1 aromatic carbocycles. The third-order valence-electron chi connectivity index (χ3n) is 5.95. The number of hydrogen-bond donors (Lipinski definition) is 3. The Morgan fingerprint density at radius 3 is 2.42 bits per heavy atom. The maximum atomic E-state index is 12.7. The summed E-state index contributed by atoms with van der Waals surface area (Å²) in [4.78, 5) is 44.2. The van der Waals surface area contributed by atoms with Crippen molar-refractivity contribution in [3.63, 3.8) is 0 Å². The zero-order chi connectivity index (χ0) is 21.6. The number of amides is 3. The highest BCUT2D eigenvalue weighted by molar-refractivity contribution is 6.01. The summed E-state index contributed by atoms with van der Waals surface area (Å²) in [5.41, 5.74) is 1.79. The van der Waals surface area contributed by atoms with E-state index >= 15 is 0 Å². The maximum Gasteiger partial charge on any atom is 0.319 e. The number of urea groups is 1. The molecule has 3 amide bonds. The normalized spacial score (nSPS) is 17.5. The standard InChI is InChI=1S/C23H29N5O3/c29-21(17-14-20(24-15-17)22(30)28-10-4-5-11-28)16-27-12-8-19(9-13-27)26-23(31)25-18-6-2-1-3-7-18/h1-3,6-7,14-15,19,24H,4-5,8-13,16H2,(H2,25,26,31). The number of carbonyl (C=O) groups is 3. The molecule has 2 saturated heterocycles. The van der Waals surface area contributed by atoms with Crippen molar-refractivity contribution >= 4 is 23.4 Å². The number of piperidine rings is 1. The van der Waals surface area contributed by atoms with Crippen LogP contribution in [0.15, 0.2) is 42.6 Å². The Hall–Kier alpha value is -3.13. The van der Waals surface area contributed by atoms with Gasteiger partial charge in [0.2, 0.25) is 0 Å². The fourth-order valence-electron chi connectivity index (χ4n) is 4.17. The molecule has 0 unspecified atom stereocenters. The van der Waals surface area contributed by atoms with Crippen molar-refractivity contribution in [2.24, 2.45) is 0 Å². The Morgan fingerprint density at radius 2 is 1.71 bits per heavy atom. The highest BCUT2D eigenvalue weighted by Gasteiger charge is 2.24. The number of likely N-dealkylation sites (tertiary alicyclic amines) is 2. The van der Waals surface area contributed by atoms with Gasteiger partial charge in [-0.2, -0.15) is 0 Å². The van der Waals surface area contributed by atoms with Crippen LogP contribution < -0.4 is 10.6 Å². The van der Waals surface area contributed by atoms with E-state index in [1.165, 1.54) is 0 Å². The molecule has 0 atom stereocenters. The molecule has 0 bridgehead atoms. The number of aromatic amines is 1. The SMILES string of the molecule is O=C(Nc1ccccc1)NC1CCN(CC(=O)c2c[nH]c(C(=O)N3CCCC3)c2)CC1. The molecule has 2 fully saturated rings. The molecular weight excluding hydrogens is 394 g/mol. The highest BCUT2D eigenvalue weighted by atomic mass is 16.2. The topological polar surface area (TPSA) is 97.5 Å². The minimum atomic E-state index is -0.205. The predicted octanol–water partition coefficient (Wildman–Crippen LogP) is 2.72. The van der Waals surface area contributed by atoms with Crippen molar-refractivity contribution in [1.29, 1.82) is 0 Å². The lowest BCUT2D eigenvalue weighted by atomic mass is 10.0. The van der Waals surface area contributed by atoms with Gasteiger partial charge >= 0.3 is 6.03 Å². The summed E-state index contributed by atoms with van der Waals surface area (Å²) in [6.45, 7) is 3.37. The molecule has 2 aliphatic rings. The van der Waals surface area contributed by atoms with Crippen molar-refractivity contribution in [2.45, 2.75) is 31.7 Å². The van der Waals surface area contributed by atoms with Gasteiger partial charge < -0.3 is 20.5 Å². The van der Waals surface area contributed by atoms with Gasteiger partial charge in [-0.15, -0.1) is 0 Å². The smallest absolute Gasteiger partial charge is 0.319 e. The first-order valence-corrected chi connectivity index (χ1v) is 10.9. The van der Waals surface area contributed by atoms with E-state index < -0.39 is 0 Å². The summed E-state index contributed by atoms with van der Waals surface area (Å²) in [5, 5.41) is 5.84. The summed E-state index contributed by atoms with van der Waals surface area (Å²) in [7, 11) is 0. The van der Waals surface area contributed by atoms with Crippen LogP contribution in [0.2, 0.25) is 0 Å². The molecule has 0 radical (unpaired) electrons. The van der Waals surface area contributed by atoms with E-state index in [2.05, 4.69) is 20.5 Å². The first-order valence-electron chi connectivity index (χ1n) is 10.9. The molecule has 0 aliphatic carbocycles. The molecule has 164 valence electrons. The fourth-order valence-corrected chi connectivity index (χ4v) is 4.17. The molecular formula is C23H29N5O3. The van der Waals surface area contributed by atoms with Gasteiger partial charge in [0.1, 0.15) is 5.69 Å². The van der Waals surface area contributed by atoms with Crippen LogP contribution in [0.1, 0.15) is 46.5 Å². The summed E-state index contributed by atoms with van der Waals surface area (Å²) >= 11 is 0. The number of nitrogens with one attached hydrogen (secondary N) is 3. The number of ketones is 1. The van der Waals surface area contributed by atoms with Crippen molar-refractivity contribution in [3.05, 3.63) is 53.9 Å². The molecule has 3 heterocycles. The lowest BCUT2D eigenvalue weighted by Gasteiger charge is -2.31. The largest absolute Gasteiger partial charge is 0.356 e. The van der Waals surface area contributed by atoms with Gasteiger partial charge in [0.15, 0.2) is 5.78 Å². The molecule has 2 aliphatic heterocycles. The number of para-hydroxylation sites is 1. The molecule has 1 aromatic heterocycles. The Bertz CT molecular complexity index is 912. The second-order valence-corrected chi connectivity index (χ2v) is 8.24. The van der Waals surface area contributed by atoms with Gasteiger partial charge in [0.25, 0.3) is 5.91 Å². The molecule has 0 spiro atoms. The van der Waals surface area contributed by atoms with Crippen LogP contribution in [0.3, 0.4) is 0 Å². The van der Waals surface area contributed by atoms with Gasteiger partial charge in [-0.05, 0) is 43.9 Å². The number of rotatable bonds is 6. The number of anilines is 1. The zero-order valence-corrected chi connectivity index (χ0v) is 17.6. The Labute approximate surface area is 182 Å². The minimum absolute atomic E-state index is 0.00458. The monoisotopic (exact) mass is 423 g/mol. The van der Waals surface area contributed by atoms with Crippen molar-refractivity contribution in [3.8, 4) is 0 Å². The predicted molar refractivity (Wildman–Crippen MR) is 118 cm³/mol. The summed E-state index contributed by atoms with van der Waals surface area (Å²) in [5.74, 6) is -0.0258. The van der Waals surface area contributed by atoms with Crippen LogP contribution in [0.5, 0.6) is 0 Å². The average molecular weight is 424 g/mol. The minimum Gasteiger partial charge on any atom is -0.356 e. The number of benzene rings is 1. The van der Waals surface area contributed by atoms with Gasteiger partial charge in [0, 0.05) is 49.7 Å². The second-order valence-electron chi connectivity index (χ2n) is 8.24. The van der Waals surface area contributed by atoms with E-state index in [4.69, 9.17) is 0 Å². The third-order valence-corrected chi connectivity index (χ3v) is 5.95. The first-order chi connectivity index (χ1) is 15.1. The fraction of sp³-hybridized carbons (Fsp3) is 0.435. The molecule has 31 heavy (non-hydrogen) atoms. The summed E-state index contributed by atoms with van der Waals surface area (Å²) in [6.07, 6.45) is 5.30. The quantitative estimate of drug-likeness (QED) is 0.623. The molecule has 2 aromatic rings. The lowest BCUT2D eigenvalue weighted by Crippen LogP contribution is -2.47. The summed E-state index contributed by atoms with van der Waals surface area (Å²) in [6, 6.07) is 10.9. The third kappa shape index (κ3) is 5.52. The number of nitrogens with zero attached hydrogens (tertiary/aromatic N) is 2. The molecule has 8 heteroatoms. The van der Waals surface area contributed by atoms with E-state index in [0.717, 1.165) is 57.5 Å². The van der Waals surface area contributed by atoms with E-state index in [1.807, 2.05) is 35.2 Å². The zero-order valence-electron chi connectivity index (χ0n) is 17.6. The van der Waals surface area contributed by atoms with Gasteiger partial charge in [-0.1, -0.05) is 18.2 Å². The van der Waals surface area contributed by atoms with Crippen LogP contribution in [-0.2, 0) is 0 Å². The maximum absolute atomic E-state index is 12.7. The van der Waals surface area contributed by atoms with Gasteiger partial charge in [-0.25, -0.2) is 4.79 Å². The Kier molecular flexibility index (Phi) is 6.66. The first kappa shape index (κ1) is 21.1. The highest BCUT2D eigenvalue weighted by Crippen LogP contribution is 2.15. The van der Waals surface area contributed by atoms with Crippen LogP contribution >= 0.6 is 0 Å². The molecule has 8 nitrogen and oxygen atoms in total. The molecule has 3 N–H and O–H groups in total. The average Bonchev–Trinajstić information content (AvgIpc) is 3.48. The van der Waals surface area contributed by atoms with E-state index in [-0.39, 0.29) is 23.8 Å². The van der Waals surface area contributed by atoms with Gasteiger partial charge in [-0.3, -0.25) is 14.5 Å². The second kappa shape index (κ2) is 9.78. The molecule has 0 saturated carbocycles. The van der Waals surface area contributed by atoms with Gasteiger partial charge in [0.05, 0.1) is 6.54 Å². The van der Waals surface area contributed by atoms with Crippen molar-refractivity contribution < 1.29 is 14.4 Å². The number of carbonyl (C=O) groups excluding carboxylic acids is 3. The molecule has 4 rings (SSSR count). The summed E-state index contributed by atoms with van der Waals surface area (Å²) < 4.78 is 0. The van der Waals surface area contributed by atoms with Crippen LogP contribution in [0.4, 0.5) is 10.5 Å². The number of H-pyrrole nitrogens is 1. The number of Topliss-reactive ketones (excluding diaryl/α,β-unsaturated/α-hetero) is 1.